The van der Waals surface area contributed by atoms with Gasteiger partial charge in [0.1, 0.15) is 6.61 Å². The van der Waals surface area contributed by atoms with Gasteiger partial charge in [0.05, 0.1) is 6.61 Å². The van der Waals surface area contributed by atoms with Gasteiger partial charge in [-0.2, -0.15) is 0 Å². The Labute approximate surface area is 133 Å². The zero-order valence-electron chi connectivity index (χ0n) is 12.6. The van der Waals surface area contributed by atoms with E-state index in [9.17, 15) is 14.4 Å². The van der Waals surface area contributed by atoms with Crippen molar-refractivity contribution in [2.45, 2.75) is 19.4 Å². The summed E-state index contributed by atoms with van der Waals surface area (Å²) in [5.74, 6) is -2.77. The number of hydrogen-bond acceptors (Lipinski definition) is 5. The number of carbonyl (C=O) groups excluding carboxylic acids is 2. The number of esters is 1. The lowest BCUT2D eigenvalue weighted by Crippen LogP contribution is -2.40. The molecule has 0 saturated carbocycles. The van der Waals surface area contributed by atoms with Gasteiger partial charge in [0.2, 0.25) is 0 Å². The average Bonchev–Trinajstić information content (AvgIpc) is 2.58. The maximum absolute atomic E-state index is 12.0. The van der Waals surface area contributed by atoms with Crippen molar-refractivity contribution in [2.75, 3.05) is 19.7 Å². The number of nitrogens with zero attached hydrogens (tertiary/aromatic N) is 1. The number of carboxylic acid groups (broad SMARTS) is 1. The first-order valence-corrected chi connectivity index (χ1v) is 7.42. The van der Waals surface area contributed by atoms with E-state index in [-0.39, 0.29) is 25.2 Å². The summed E-state index contributed by atoms with van der Waals surface area (Å²) in [6, 6.07) is 9.43. The molecule has 1 aliphatic rings. The zero-order chi connectivity index (χ0) is 16.7. The summed E-state index contributed by atoms with van der Waals surface area (Å²) >= 11 is 0. The van der Waals surface area contributed by atoms with Crippen LogP contribution in [-0.2, 0) is 25.7 Å². The number of carbonyl (C=O) groups is 3. The molecule has 1 saturated heterocycles. The molecule has 1 N–H and O–H groups in total. The monoisotopic (exact) mass is 321 g/mol. The predicted molar refractivity (Wildman–Crippen MR) is 79.5 cm³/mol. The second kappa shape index (κ2) is 8.17. The molecule has 1 aromatic carbocycles. The van der Waals surface area contributed by atoms with Gasteiger partial charge in [-0.05, 0) is 24.3 Å². The van der Waals surface area contributed by atoms with Gasteiger partial charge in [0.25, 0.3) is 0 Å². The Morgan fingerprint density at radius 1 is 1.09 bits per heavy atom. The molecule has 0 aliphatic carbocycles. The fourth-order valence-electron chi connectivity index (χ4n) is 2.35. The molecule has 7 nitrogen and oxygen atoms in total. The maximum Gasteiger partial charge on any atom is 0.417 e. The highest BCUT2D eigenvalue weighted by Crippen LogP contribution is 2.18. The van der Waals surface area contributed by atoms with Crippen LogP contribution >= 0.6 is 0 Å². The Hall–Kier alpha value is -2.57. The number of benzene rings is 1. The van der Waals surface area contributed by atoms with E-state index in [2.05, 4.69) is 4.74 Å². The van der Waals surface area contributed by atoms with Crippen LogP contribution in [0.15, 0.2) is 30.3 Å². The minimum Gasteiger partial charge on any atom is -0.473 e. The maximum atomic E-state index is 12.0. The van der Waals surface area contributed by atoms with E-state index < -0.39 is 11.9 Å². The molecular weight excluding hydrogens is 302 g/mol. The number of aliphatic carboxylic acids is 1. The first-order valence-electron chi connectivity index (χ1n) is 7.42. The predicted octanol–water partition coefficient (Wildman–Crippen LogP) is 1.66. The summed E-state index contributed by atoms with van der Waals surface area (Å²) in [6.45, 7) is 1.31. The summed E-state index contributed by atoms with van der Waals surface area (Å²) in [4.78, 5) is 34.8. The largest absolute Gasteiger partial charge is 0.473 e. The van der Waals surface area contributed by atoms with Crippen molar-refractivity contribution in [3.05, 3.63) is 35.9 Å². The Morgan fingerprint density at radius 2 is 1.74 bits per heavy atom. The Morgan fingerprint density at radius 3 is 2.35 bits per heavy atom. The zero-order valence-corrected chi connectivity index (χ0v) is 12.6. The standard InChI is InChI=1S/C16H19NO6/c18-14(19)15(20)22-10-13-6-8-17(9-7-13)16(21)23-11-12-4-2-1-3-5-12/h1-5,13H,6-11H2,(H,18,19). The summed E-state index contributed by atoms with van der Waals surface area (Å²) in [5.41, 5.74) is 0.927. The third kappa shape index (κ3) is 5.28. The highest BCUT2D eigenvalue weighted by Gasteiger charge is 2.25. The average molecular weight is 321 g/mol. The van der Waals surface area contributed by atoms with Gasteiger partial charge in [0, 0.05) is 13.1 Å². The number of hydrogen-bond donors (Lipinski definition) is 1. The molecule has 1 aliphatic heterocycles. The highest BCUT2D eigenvalue weighted by molar-refractivity contribution is 6.28. The molecule has 23 heavy (non-hydrogen) atoms. The Balaban J connectivity index is 1.68. The van der Waals surface area contributed by atoms with Crippen LogP contribution in [0, 0.1) is 5.92 Å². The SMILES string of the molecule is O=C(O)C(=O)OCC1CCN(C(=O)OCc2ccccc2)CC1. The molecule has 0 atom stereocenters. The van der Waals surface area contributed by atoms with Crippen molar-refractivity contribution in [3.8, 4) is 0 Å². The molecule has 1 aromatic rings. The molecule has 0 unspecified atom stereocenters. The second-order valence-electron chi connectivity index (χ2n) is 5.37. The third-order valence-corrected chi connectivity index (χ3v) is 3.70. The van der Waals surface area contributed by atoms with Crippen LogP contribution in [-0.4, -0.2) is 47.7 Å². The van der Waals surface area contributed by atoms with Gasteiger partial charge in [-0.25, -0.2) is 14.4 Å². The molecule has 0 spiro atoms. The molecule has 0 bridgehead atoms. The van der Waals surface area contributed by atoms with Crippen LogP contribution in [0.1, 0.15) is 18.4 Å². The smallest absolute Gasteiger partial charge is 0.417 e. The van der Waals surface area contributed by atoms with Gasteiger partial charge >= 0.3 is 18.0 Å². The molecule has 1 fully saturated rings. The lowest BCUT2D eigenvalue weighted by atomic mass is 9.98. The van der Waals surface area contributed by atoms with Crippen molar-refractivity contribution in [2.24, 2.45) is 5.92 Å². The van der Waals surface area contributed by atoms with E-state index in [0.717, 1.165) is 5.56 Å². The van der Waals surface area contributed by atoms with Crippen molar-refractivity contribution in [1.82, 2.24) is 4.90 Å². The second-order valence-corrected chi connectivity index (χ2v) is 5.37. The topological polar surface area (TPSA) is 93.1 Å². The minimum absolute atomic E-state index is 0.0662. The van der Waals surface area contributed by atoms with Crippen LogP contribution in [0.25, 0.3) is 0 Å². The van der Waals surface area contributed by atoms with Crippen LogP contribution in [0.5, 0.6) is 0 Å². The quantitative estimate of drug-likeness (QED) is 0.670. The van der Waals surface area contributed by atoms with Crippen molar-refractivity contribution in [3.63, 3.8) is 0 Å². The van der Waals surface area contributed by atoms with E-state index in [4.69, 9.17) is 9.84 Å². The third-order valence-electron chi connectivity index (χ3n) is 3.70. The molecule has 0 radical (unpaired) electrons. The van der Waals surface area contributed by atoms with Gasteiger partial charge in [0.15, 0.2) is 0 Å². The van der Waals surface area contributed by atoms with Crippen LogP contribution < -0.4 is 0 Å². The van der Waals surface area contributed by atoms with E-state index in [1.165, 1.54) is 0 Å². The molecule has 124 valence electrons. The van der Waals surface area contributed by atoms with E-state index in [1.807, 2.05) is 30.3 Å². The van der Waals surface area contributed by atoms with Gasteiger partial charge in [-0.15, -0.1) is 0 Å². The molecule has 2 rings (SSSR count). The van der Waals surface area contributed by atoms with Crippen molar-refractivity contribution in [1.29, 1.82) is 0 Å². The summed E-state index contributed by atoms with van der Waals surface area (Å²) in [6.07, 6.45) is 0.926. The number of rotatable bonds is 4. The number of likely N-dealkylation sites (tertiary alicyclic amines) is 1. The van der Waals surface area contributed by atoms with Gasteiger partial charge in [-0.1, -0.05) is 30.3 Å². The molecule has 0 aromatic heterocycles. The first-order chi connectivity index (χ1) is 11.1. The Kier molecular flexibility index (Phi) is 5.96. The number of amides is 1. The number of piperidine rings is 1. The molecule has 1 amide bonds. The van der Waals surface area contributed by atoms with E-state index in [1.54, 1.807) is 4.90 Å². The lowest BCUT2D eigenvalue weighted by molar-refractivity contribution is -0.165. The molecular formula is C16H19NO6. The Bertz CT molecular complexity index is 551. The minimum atomic E-state index is -1.59. The summed E-state index contributed by atoms with van der Waals surface area (Å²) < 4.78 is 9.93. The number of carboxylic acids is 1. The molecule has 1 heterocycles. The fraction of sp³-hybridized carbons (Fsp3) is 0.438. The first kappa shape index (κ1) is 16.8. The number of ether oxygens (including phenoxy) is 2. The van der Waals surface area contributed by atoms with Gasteiger partial charge < -0.3 is 19.5 Å². The summed E-state index contributed by atoms with van der Waals surface area (Å²) in [5, 5.41) is 8.44. The fourth-order valence-corrected chi connectivity index (χ4v) is 2.35. The van der Waals surface area contributed by atoms with Gasteiger partial charge in [-0.3, -0.25) is 0 Å². The van der Waals surface area contributed by atoms with Crippen molar-refractivity contribution < 1.29 is 29.0 Å². The van der Waals surface area contributed by atoms with Crippen LogP contribution in [0.2, 0.25) is 0 Å². The van der Waals surface area contributed by atoms with Crippen molar-refractivity contribution >= 4 is 18.0 Å². The van der Waals surface area contributed by atoms with E-state index >= 15 is 0 Å². The summed E-state index contributed by atoms with van der Waals surface area (Å²) in [7, 11) is 0. The lowest BCUT2D eigenvalue weighted by Gasteiger charge is -2.30. The molecule has 7 heteroatoms. The van der Waals surface area contributed by atoms with E-state index in [0.29, 0.717) is 25.9 Å². The highest BCUT2D eigenvalue weighted by atomic mass is 16.6. The van der Waals surface area contributed by atoms with Crippen LogP contribution in [0.3, 0.4) is 0 Å². The van der Waals surface area contributed by atoms with Crippen LogP contribution in [0.4, 0.5) is 4.79 Å². The normalized spacial score (nSPS) is 15.0.